The van der Waals surface area contributed by atoms with Crippen LogP contribution in [0.2, 0.25) is 0 Å². The Kier molecular flexibility index (Phi) is 4.27. The lowest BCUT2D eigenvalue weighted by Crippen LogP contribution is -2.14. The van der Waals surface area contributed by atoms with Crippen molar-refractivity contribution in [1.82, 2.24) is 4.98 Å². The highest BCUT2D eigenvalue weighted by Crippen LogP contribution is 2.17. The number of nitrogens with one attached hydrogen (secondary N) is 1. The maximum absolute atomic E-state index is 11.5. The second-order valence-electron chi connectivity index (χ2n) is 3.98. The maximum Gasteiger partial charge on any atom is 0.224 e. The molecular weight excluding hydrogens is 256 g/mol. The van der Waals surface area contributed by atoms with Gasteiger partial charge in [0.05, 0.1) is 11.9 Å². The van der Waals surface area contributed by atoms with Crippen molar-refractivity contribution in [3.63, 3.8) is 0 Å². The molecule has 0 spiro atoms. The lowest BCUT2D eigenvalue weighted by Gasteiger charge is -2.07. The number of aromatic nitrogens is 1. The van der Waals surface area contributed by atoms with Crippen LogP contribution in [0.1, 0.15) is 25.8 Å². The van der Waals surface area contributed by atoms with E-state index in [9.17, 15) is 4.79 Å². The molecule has 0 unspecified atom stereocenters. The molecule has 3 nitrogen and oxygen atoms in total. The summed E-state index contributed by atoms with van der Waals surface area (Å²) in [5.74, 6) is 0.406. The van der Waals surface area contributed by atoms with E-state index in [1.54, 1.807) is 6.20 Å². The van der Waals surface area contributed by atoms with E-state index in [0.717, 1.165) is 15.9 Å². The summed E-state index contributed by atoms with van der Waals surface area (Å²) < 4.78 is 0.810. The third-order valence-electron chi connectivity index (χ3n) is 1.89. The zero-order valence-electron chi connectivity index (χ0n) is 9.17. The molecule has 15 heavy (non-hydrogen) atoms. The van der Waals surface area contributed by atoms with Gasteiger partial charge in [0, 0.05) is 6.42 Å². The molecule has 1 heterocycles. The second kappa shape index (κ2) is 5.26. The molecule has 0 saturated heterocycles. The summed E-state index contributed by atoms with van der Waals surface area (Å²) in [6.45, 7) is 5.98. The smallest absolute Gasteiger partial charge is 0.224 e. The highest BCUT2D eigenvalue weighted by Gasteiger charge is 2.06. The van der Waals surface area contributed by atoms with E-state index < -0.39 is 0 Å². The topological polar surface area (TPSA) is 42.0 Å². The summed E-state index contributed by atoms with van der Waals surface area (Å²) >= 11 is 3.31. The number of amides is 1. The highest BCUT2D eigenvalue weighted by atomic mass is 79.9. The number of aryl methyl sites for hydroxylation is 1. The fourth-order valence-corrected chi connectivity index (χ4v) is 1.43. The lowest BCUT2D eigenvalue weighted by molar-refractivity contribution is -0.116. The third kappa shape index (κ3) is 4.00. The molecule has 1 amide bonds. The zero-order valence-corrected chi connectivity index (χ0v) is 10.8. The van der Waals surface area contributed by atoms with Crippen LogP contribution in [0.3, 0.4) is 0 Å². The van der Waals surface area contributed by atoms with Crippen molar-refractivity contribution in [2.75, 3.05) is 5.32 Å². The van der Waals surface area contributed by atoms with Gasteiger partial charge in [-0.05, 0) is 40.4 Å². The van der Waals surface area contributed by atoms with Gasteiger partial charge < -0.3 is 5.32 Å². The molecule has 1 N–H and O–H groups in total. The van der Waals surface area contributed by atoms with Crippen LogP contribution in [0.5, 0.6) is 0 Å². The molecule has 4 heteroatoms. The van der Waals surface area contributed by atoms with Gasteiger partial charge in [0.2, 0.25) is 5.91 Å². The number of pyridine rings is 1. The van der Waals surface area contributed by atoms with E-state index in [1.807, 2.05) is 26.8 Å². The van der Waals surface area contributed by atoms with Gasteiger partial charge in [-0.1, -0.05) is 13.8 Å². The van der Waals surface area contributed by atoms with Gasteiger partial charge in [0.1, 0.15) is 4.60 Å². The molecule has 0 radical (unpaired) electrons. The average Bonchev–Trinajstić information content (AvgIpc) is 2.10. The van der Waals surface area contributed by atoms with E-state index in [-0.39, 0.29) is 5.91 Å². The van der Waals surface area contributed by atoms with Crippen LogP contribution in [0, 0.1) is 12.8 Å². The number of halogens is 1. The molecule has 1 aromatic rings. The van der Waals surface area contributed by atoms with Gasteiger partial charge in [-0.3, -0.25) is 4.79 Å². The van der Waals surface area contributed by atoms with E-state index >= 15 is 0 Å². The quantitative estimate of drug-likeness (QED) is 0.858. The lowest BCUT2D eigenvalue weighted by atomic mass is 10.1. The molecule has 0 atom stereocenters. The minimum atomic E-state index is 0.0357. The largest absolute Gasteiger partial charge is 0.325 e. The van der Waals surface area contributed by atoms with Crippen molar-refractivity contribution in [2.45, 2.75) is 27.2 Å². The standard InChI is InChI=1S/C11H15BrN2O/c1-7(2)4-10(15)14-9-5-8(3)11(12)13-6-9/h5-7H,4H2,1-3H3,(H,14,15). The summed E-state index contributed by atoms with van der Waals surface area (Å²) in [6.07, 6.45) is 2.18. The zero-order chi connectivity index (χ0) is 11.4. The highest BCUT2D eigenvalue weighted by molar-refractivity contribution is 9.10. The SMILES string of the molecule is Cc1cc(NC(=O)CC(C)C)cnc1Br. The number of hydrogen-bond acceptors (Lipinski definition) is 2. The van der Waals surface area contributed by atoms with Crippen LogP contribution in [0.4, 0.5) is 5.69 Å². The van der Waals surface area contributed by atoms with Crippen molar-refractivity contribution < 1.29 is 4.79 Å². The fraction of sp³-hybridized carbons (Fsp3) is 0.455. The maximum atomic E-state index is 11.5. The van der Waals surface area contributed by atoms with E-state index in [1.165, 1.54) is 0 Å². The molecule has 0 aliphatic heterocycles. The van der Waals surface area contributed by atoms with Gasteiger partial charge >= 0.3 is 0 Å². The van der Waals surface area contributed by atoms with E-state index in [2.05, 4.69) is 26.2 Å². The first-order valence-electron chi connectivity index (χ1n) is 4.91. The van der Waals surface area contributed by atoms with Crippen LogP contribution in [-0.2, 0) is 4.79 Å². The Morgan fingerprint density at radius 1 is 1.60 bits per heavy atom. The normalized spacial score (nSPS) is 10.5. The molecule has 0 aliphatic rings. The van der Waals surface area contributed by atoms with Crippen molar-refractivity contribution in [1.29, 1.82) is 0 Å². The van der Waals surface area contributed by atoms with Crippen LogP contribution < -0.4 is 5.32 Å². The number of nitrogens with zero attached hydrogens (tertiary/aromatic N) is 1. The number of carbonyl (C=O) groups is 1. The van der Waals surface area contributed by atoms with Crippen LogP contribution in [0.25, 0.3) is 0 Å². The Balaban J connectivity index is 2.65. The van der Waals surface area contributed by atoms with Gasteiger partial charge in [0.15, 0.2) is 0 Å². The molecule has 0 aromatic carbocycles. The summed E-state index contributed by atoms with van der Waals surface area (Å²) in [6, 6.07) is 1.90. The summed E-state index contributed by atoms with van der Waals surface area (Å²) in [4.78, 5) is 15.6. The van der Waals surface area contributed by atoms with Crippen LogP contribution in [-0.4, -0.2) is 10.9 Å². The first-order chi connectivity index (χ1) is 6.99. The molecular formula is C11H15BrN2O. The Hall–Kier alpha value is -0.900. The van der Waals surface area contributed by atoms with Crippen molar-refractivity contribution in [3.05, 3.63) is 22.4 Å². The summed E-state index contributed by atoms with van der Waals surface area (Å²) in [7, 11) is 0. The molecule has 82 valence electrons. The van der Waals surface area contributed by atoms with Crippen molar-refractivity contribution in [3.8, 4) is 0 Å². The van der Waals surface area contributed by atoms with E-state index in [4.69, 9.17) is 0 Å². The number of anilines is 1. The van der Waals surface area contributed by atoms with Crippen molar-refractivity contribution >= 4 is 27.5 Å². The second-order valence-corrected chi connectivity index (χ2v) is 4.73. The van der Waals surface area contributed by atoms with Gasteiger partial charge in [-0.25, -0.2) is 4.98 Å². The van der Waals surface area contributed by atoms with Gasteiger partial charge in [0.25, 0.3) is 0 Å². The average molecular weight is 271 g/mol. The molecule has 0 bridgehead atoms. The van der Waals surface area contributed by atoms with Crippen LogP contribution in [0.15, 0.2) is 16.9 Å². The van der Waals surface area contributed by atoms with Gasteiger partial charge in [-0.2, -0.15) is 0 Å². The Bertz CT molecular complexity index is 364. The molecule has 0 aliphatic carbocycles. The summed E-state index contributed by atoms with van der Waals surface area (Å²) in [5.41, 5.74) is 1.76. The Morgan fingerprint density at radius 3 is 2.80 bits per heavy atom. The minimum Gasteiger partial charge on any atom is -0.325 e. The molecule has 1 rings (SSSR count). The first kappa shape index (κ1) is 12.2. The fourth-order valence-electron chi connectivity index (χ4n) is 1.21. The van der Waals surface area contributed by atoms with Crippen LogP contribution >= 0.6 is 15.9 Å². The monoisotopic (exact) mass is 270 g/mol. The van der Waals surface area contributed by atoms with E-state index in [0.29, 0.717) is 12.3 Å². The predicted octanol–water partition coefficient (Wildman–Crippen LogP) is 3.14. The number of hydrogen-bond donors (Lipinski definition) is 1. The summed E-state index contributed by atoms with van der Waals surface area (Å²) in [5, 5.41) is 2.82. The number of carbonyl (C=O) groups excluding carboxylic acids is 1. The molecule has 0 saturated carbocycles. The Morgan fingerprint density at radius 2 is 2.27 bits per heavy atom. The number of rotatable bonds is 3. The molecule has 0 fully saturated rings. The molecule has 1 aromatic heterocycles. The minimum absolute atomic E-state index is 0.0357. The van der Waals surface area contributed by atoms with Gasteiger partial charge in [-0.15, -0.1) is 0 Å². The predicted molar refractivity (Wildman–Crippen MR) is 64.8 cm³/mol. The third-order valence-corrected chi connectivity index (χ3v) is 2.72. The van der Waals surface area contributed by atoms with Crippen molar-refractivity contribution in [2.24, 2.45) is 5.92 Å². The first-order valence-corrected chi connectivity index (χ1v) is 5.70. The Labute approximate surface area is 98.4 Å².